The first kappa shape index (κ1) is 19.0. The summed E-state index contributed by atoms with van der Waals surface area (Å²) >= 11 is 1.22. The fourth-order valence-corrected chi connectivity index (χ4v) is 3.83. The summed E-state index contributed by atoms with van der Waals surface area (Å²) in [7, 11) is 1.28. The molecule has 0 radical (unpaired) electrons. The number of thiazole rings is 1. The predicted octanol–water partition coefficient (Wildman–Crippen LogP) is 4.94. The van der Waals surface area contributed by atoms with Crippen molar-refractivity contribution in [3.8, 4) is 11.3 Å². The van der Waals surface area contributed by atoms with E-state index < -0.39 is 23.4 Å². The Hall–Kier alpha value is -3.33. The van der Waals surface area contributed by atoms with E-state index in [-0.39, 0.29) is 23.5 Å². The Kier molecular flexibility index (Phi) is 4.98. The molecule has 1 N–H and O–H groups in total. The number of anilines is 2. The zero-order chi connectivity index (χ0) is 20.5. The highest BCUT2D eigenvalue weighted by molar-refractivity contribution is 7.15. The van der Waals surface area contributed by atoms with Crippen molar-refractivity contribution >= 4 is 33.8 Å². The Morgan fingerprint density at radius 1 is 1.14 bits per heavy atom. The molecule has 0 atom stereocenters. The molecule has 0 unspecified atom stereocenters. The van der Waals surface area contributed by atoms with E-state index in [4.69, 9.17) is 4.74 Å². The van der Waals surface area contributed by atoms with Crippen LogP contribution < -0.4 is 5.32 Å². The van der Waals surface area contributed by atoms with Gasteiger partial charge in [-0.2, -0.15) is 0 Å². The summed E-state index contributed by atoms with van der Waals surface area (Å²) in [5, 5.41) is 4.77. The van der Waals surface area contributed by atoms with Crippen LogP contribution in [0.2, 0.25) is 0 Å². The molecule has 4 aromatic rings. The van der Waals surface area contributed by atoms with Gasteiger partial charge >= 0.3 is 5.97 Å². The second-order valence-electron chi connectivity index (χ2n) is 6.14. The fourth-order valence-electron chi connectivity index (χ4n) is 2.94. The maximum atomic E-state index is 14.5. The van der Waals surface area contributed by atoms with E-state index in [1.165, 1.54) is 48.8 Å². The molecular formula is C20H14F3N3O2S. The Balaban J connectivity index is 1.93. The van der Waals surface area contributed by atoms with Crippen LogP contribution in [0.25, 0.3) is 16.2 Å². The Labute approximate surface area is 167 Å². The molecule has 2 heterocycles. The van der Waals surface area contributed by atoms with Gasteiger partial charge in [0.1, 0.15) is 29.0 Å². The van der Waals surface area contributed by atoms with Gasteiger partial charge in [0, 0.05) is 16.8 Å². The highest BCUT2D eigenvalue weighted by Crippen LogP contribution is 2.37. The first-order chi connectivity index (χ1) is 14.0. The third kappa shape index (κ3) is 3.56. The minimum absolute atomic E-state index is 0.0443. The molecule has 0 aliphatic heterocycles. The predicted molar refractivity (Wildman–Crippen MR) is 104 cm³/mol. The average molecular weight is 417 g/mol. The van der Waals surface area contributed by atoms with Crippen molar-refractivity contribution in [2.24, 2.45) is 0 Å². The van der Waals surface area contributed by atoms with E-state index in [9.17, 15) is 18.0 Å². The van der Waals surface area contributed by atoms with Gasteiger partial charge in [-0.15, -0.1) is 11.3 Å². The first-order valence-corrected chi connectivity index (χ1v) is 9.38. The number of imidazole rings is 1. The monoisotopic (exact) mass is 417 g/mol. The van der Waals surface area contributed by atoms with Crippen molar-refractivity contribution in [1.82, 2.24) is 9.38 Å². The highest BCUT2D eigenvalue weighted by Gasteiger charge is 2.24. The molecule has 0 saturated heterocycles. The molecular weight excluding hydrogens is 403 g/mol. The minimum atomic E-state index is -0.771. The van der Waals surface area contributed by atoms with Gasteiger partial charge in [0.25, 0.3) is 0 Å². The molecule has 2 aromatic carbocycles. The van der Waals surface area contributed by atoms with Crippen LogP contribution in [0.4, 0.5) is 24.7 Å². The number of ether oxygens (including phenoxy) is 1. The molecule has 0 amide bonds. The maximum absolute atomic E-state index is 14.5. The zero-order valence-corrected chi connectivity index (χ0v) is 15.9. The lowest BCUT2D eigenvalue weighted by Crippen LogP contribution is -2.08. The zero-order valence-electron chi connectivity index (χ0n) is 15.1. The number of esters is 1. The van der Waals surface area contributed by atoms with Crippen LogP contribution in [0.15, 0.2) is 47.8 Å². The van der Waals surface area contributed by atoms with Gasteiger partial charge in [0.05, 0.1) is 19.1 Å². The van der Waals surface area contributed by atoms with Gasteiger partial charge in [0.15, 0.2) is 4.96 Å². The minimum Gasteiger partial charge on any atom is -0.469 e. The number of benzene rings is 2. The summed E-state index contributed by atoms with van der Waals surface area (Å²) in [4.78, 5) is 16.6. The van der Waals surface area contributed by atoms with Gasteiger partial charge in [-0.1, -0.05) is 6.07 Å². The molecule has 2 aromatic heterocycles. The number of halogens is 3. The average Bonchev–Trinajstić information content (AvgIpc) is 3.24. The van der Waals surface area contributed by atoms with E-state index >= 15 is 0 Å². The van der Waals surface area contributed by atoms with Crippen molar-refractivity contribution in [2.75, 3.05) is 12.4 Å². The third-order valence-corrected chi connectivity index (χ3v) is 5.17. The van der Waals surface area contributed by atoms with E-state index in [0.29, 0.717) is 16.3 Å². The molecule has 0 spiro atoms. The molecule has 148 valence electrons. The van der Waals surface area contributed by atoms with E-state index in [1.807, 2.05) is 0 Å². The van der Waals surface area contributed by atoms with Crippen LogP contribution in [-0.2, 0) is 16.0 Å². The number of methoxy groups -OCH3 is 1. The van der Waals surface area contributed by atoms with Crippen LogP contribution in [0.5, 0.6) is 0 Å². The number of aromatic nitrogens is 2. The summed E-state index contributed by atoms with van der Waals surface area (Å²) in [5.74, 6) is -2.17. The van der Waals surface area contributed by atoms with Gasteiger partial charge in [-0.25, -0.2) is 18.2 Å². The highest BCUT2D eigenvalue weighted by atomic mass is 32.1. The number of fused-ring (bicyclic) bond motifs is 1. The summed E-state index contributed by atoms with van der Waals surface area (Å²) < 4.78 is 48.5. The van der Waals surface area contributed by atoms with Gasteiger partial charge in [-0.05, 0) is 36.4 Å². The summed E-state index contributed by atoms with van der Waals surface area (Å²) in [6.07, 6.45) is -0.0514. The molecule has 0 aliphatic carbocycles. The molecule has 0 fully saturated rings. The van der Waals surface area contributed by atoms with Crippen molar-refractivity contribution in [2.45, 2.75) is 6.42 Å². The number of hydrogen-bond acceptors (Lipinski definition) is 5. The number of carbonyl (C=O) groups is 1. The Morgan fingerprint density at radius 2 is 1.83 bits per heavy atom. The van der Waals surface area contributed by atoms with E-state index in [1.54, 1.807) is 9.78 Å². The second kappa shape index (κ2) is 7.59. The van der Waals surface area contributed by atoms with Crippen LogP contribution in [0.3, 0.4) is 0 Å². The summed E-state index contributed by atoms with van der Waals surface area (Å²) in [6, 6.07) is 9.04. The summed E-state index contributed by atoms with van der Waals surface area (Å²) in [6.45, 7) is 0. The lowest BCUT2D eigenvalue weighted by molar-refractivity contribution is -0.139. The molecule has 29 heavy (non-hydrogen) atoms. The number of nitrogens with zero attached hydrogens (tertiary/aromatic N) is 2. The molecule has 5 nitrogen and oxygen atoms in total. The summed E-state index contributed by atoms with van der Waals surface area (Å²) in [5.41, 5.74) is 0.776. The standard InChI is InChI=1S/C20H14F3N3O2S/c1-28-16(27)9-13-10-29-20-25-18(17-14(22)3-2-4-15(17)23)19(26(13)20)24-12-7-5-11(21)6-8-12/h2-8,10,24H,9H2,1H3. The number of hydrogen-bond donors (Lipinski definition) is 1. The largest absolute Gasteiger partial charge is 0.469 e. The van der Waals surface area contributed by atoms with Crippen LogP contribution in [0.1, 0.15) is 5.69 Å². The van der Waals surface area contributed by atoms with Crippen LogP contribution >= 0.6 is 11.3 Å². The number of carbonyl (C=O) groups excluding carboxylic acids is 1. The Morgan fingerprint density at radius 3 is 2.48 bits per heavy atom. The van der Waals surface area contributed by atoms with Crippen molar-refractivity contribution in [3.05, 3.63) is 71.0 Å². The van der Waals surface area contributed by atoms with Crippen molar-refractivity contribution in [3.63, 3.8) is 0 Å². The maximum Gasteiger partial charge on any atom is 0.311 e. The van der Waals surface area contributed by atoms with E-state index in [0.717, 1.165) is 12.1 Å². The number of rotatable bonds is 5. The van der Waals surface area contributed by atoms with Gasteiger partial charge in [-0.3, -0.25) is 9.20 Å². The van der Waals surface area contributed by atoms with Crippen molar-refractivity contribution in [1.29, 1.82) is 0 Å². The topological polar surface area (TPSA) is 55.6 Å². The van der Waals surface area contributed by atoms with Crippen LogP contribution in [0, 0.1) is 17.5 Å². The smallest absolute Gasteiger partial charge is 0.311 e. The molecule has 4 rings (SSSR count). The Bertz CT molecular complexity index is 1180. The fraction of sp³-hybridized carbons (Fsp3) is 0.100. The SMILES string of the molecule is COC(=O)Cc1csc2nc(-c3c(F)cccc3F)c(Nc3ccc(F)cc3)n12. The second-order valence-corrected chi connectivity index (χ2v) is 6.97. The molecule has 0 aliphatic rings. The van der Waals surface area contributed by atoms with Crippen LogP contribution in [-0.4, -0.2) is 22.5 Å². The van der Waals surface area contributed by atoms with Gasteiger partial charge in [0.2, 0.25) is 0 Å². The molecule has 9 heteroatoms. The lowest BCUT2D eigenvalue weighted by atomic mass is 10.1. The molecule has 0 saturated carbocycles. The first-order valence-electron chi connectivity index (χ1n) is 8.50. The van der Waals surface area contributed by atoms with Gasteiger partial charge < -0.3 is 10.1 Å². The quantitative estimate of drug-likeness (QED) is 0.468. The normalized spacial score (nSPS) is 11.0. The van der Waals surface area contributed by atoms with E-state index in [2.05, 4.69) is 10.3 Å². The lowest BCUT2D eigenvalue weighted by Gasteiger charge is -2.11. The molecule has 0 bridgehead atoms. The van der Waals surface area contributed by atoms with Crippen molar-refractivity contribution < 1.29 is 22.7 Å². The number of nitrogens with one attached hydrogen (secondary N) is 1. The third-order valence-electron chi connectivity index (χ3n) is 4.29.